The fourth-order valence-corrected chi connectivity index (χ4v) is 2.03. The Hall–Kier alpha value is -2.34. The molecule has 3 N–H and O–H groups in total. The number of rotatable bonds is 6. The molecule has 2 aromatic rings. The first kappa shape index (κ1) is 15.1. The molecule has 21 heavy (non-hydrogen) atoms. The van der Waals surface area contributed by atoms with E-state index in [1.807, 2.05) is 37.3 Å². The van der Waals surface area contributed by atoms with Gasteiger partial charge in [0.25, 0.3) is 5.91 Å². The fourth-order valence-electron chi connectivity index (χ4n) is 2.03. The molecule has 0 saturated heterocycles. The molecule has 1 aromatic heterocycles. The predicted molar refractivity (Wildman–Crippen MR) is 78.5 cm³/mol. The summed E-state index contributed by atoms with van der Waals surface area (Å²) in [5.74, 6) is -0.613. The highest BCUT2D eigenvalue weighted by molar-refractivity contribution is 5.95. The SMILES string of the molecule is CCC(CCO)NC(=O)c1nn(-c2ccccc2)cc1O. The van der Waals surface area contributed by atoms with Crippen LogP contribution in [0.2, 0.25) is 0 Å². The minimum absolute atomic E-state index is 0.00320. The minimum atomic E-state index is -0.442. The molecule has 1 atom stereocenters. The summed E-state index contributed by atoms with van der Waals surface area (Å²) in [6, 6.07) is 9.10. The number of aromatic hydroxyl groups is 1. The Balaban J connectivity index is 2.17. The Morgan fingerprint density at radius 2 is 2.10 bits per heavy atom. The summed E-state index contributed by atoms with van der Waals surface area (Å²) in [6.45, 7) is 1.92. The molecule has 1 aromatic carbocycles. The van der Waals surface area contributed by atoms with Gasteiger partial charge in [-0.05, 0) is 25.0 Å². The first-order valence-electron chi connectivity index (χ1n) is 6.91. The van der Waals surface area contributed by atoms with E-state index >= 15 is 0 Å². The third-order valence-corrected chi connectivity index (χ3v) is 3.24. The summed E-state index contributed by atoms with van der Waals surface area (Å²) in [4.78, 5) is 12.1. The second kappa shape index (κ2) is 6.90. The lowest BCUT2D eigenvalue weighted by Crippen LogP contribution is -2.35. The third kappa shape index (κ3) is 3.61. The minimum Gasteiger partial charge on any atom is -0.504 e. The zero-order chi connectivity index (χ0) is 15.2. The average Bonchev–Trinajstić information content (AvgIpc) is 2.89. The molecule has 6 nitrogen and oxygen atoms in total. The van der Waals surface area contributed by atoms with Gasteiger partial charge in [-0.25, -0.2) is 4.68 Å². The lowest BCUT2D eigenvalue weighted by Gasteiger charge is -2.14. The Kier molecular flexibility index (Phi) is 4.94. The van der Waals surface area contributed by atoms with Crippen molar-refractivity contribution in [1.82, 2.24) is 15.1 Å². The summed E-state index contributed by atoms with van der Waals surface area (Å²) >= 11 is 0. The molecule has 0 spiro atoms. The lowest BCUT2D eigenvalue weighted by molar-refractivity contribution is 0.0921. The first-order chi connectivity index (χ1) is 10.2. The summed E-state index contributed by atoms with van der Waals surface area (Å²) in [5.41, 5.74) is 0.740. The van der Waals surface area contributed by atoms with E-state index in [2.05, 4.69) is 10.4 Å². The van der Waals surface area contributed by atoms with Gasteiger partial charge in [0.15, 0.2) is 11.4 Å². The van der Waals surface area contributed by atoms with Crippen LogP contribution in [0.5, 0.6) is 5.75 Å². The Morgan fingerprint density at radius 1 is 1.38 bits per heavy atom. The summed E-state index contributed by atoms with van der Waals surface area (Å²) in [6.07, 6.45) is 2.58. The smallest absolute Gasteiger partial charge is 0.275 e. The second-order valence-electron chi connectivity index (χ2n) is 4.73. The van der Waals surface area contributed by atoms with E-state index in [1.165, 1.54) is 10.9 Å². The quantitative estimate of drug-likeness (QED) is 0.751. The topological polar surface area (TPSA) is 87.4 Å². The van der Waals surface area contributed by atoms with Gasteiger partial charge in [0.2, 0.25) is 0 Å². The van der Waals surface area contributed by atoms with Crippen molar-refractivity contribution in [2.75, 3.05) is 6.61 Å². The van der Waals surface area contributed by atoms with Crippen LogP contribution in [-0.4, -0.2) is 38.5 Å². The van der Waals surface area contributed by atoms with E-state index in [9.17, 15) is 9.90 Å². The molecule has 0 bridgehead atoms. The van der Waals surface area contributed by atoms with Crippen molar-refractivity contribution in [3.8, 4) is 11.4 Å². The van der Waals surface area contributed by atoms with Gasteiger partial charge in [0.1, 0.15) is 0 Å². The summed E-state index contributed by atoms with van der Waals surface area (Å²) in [5, 5.41) is 25.7. The van der Waals surface area contributed by atoms with Gasteiger partial charge in [-0.2, -0.15) is 5.10 Å². The Bertz CT molecular complexity index is 595. The Morgan fingerprint density at radius 3 is 2.71 bits per heavy atom. The van der Waals surface area contributed by atoms with Crippen molar-refractivity contribution < 1.29 is 15.0 Å². The van der Waals surface area contributed by atoms with E-state index in [-0.39, 0.29) is 24.1 Å². The fraction of sp³-hybridized carbons (Fsp3) is 0.333. The van der Waals surface area contributed by atoms with E-state index in [1.54, 1.807) is 0 Å². The number of para-hydroxylation sites is 1. The highest BCUT2D eigenvalue weighted by Gasteiger charge is 2.19. The molecule has 1 amide bonds. The molecular weight excluding hydrogens is 270 g/mol. The van der Waals surface area contributed by atoms with Crippen molar-refractivity contribution in [2.45, 2.75) is 25.8 Å². The predicted octanol–water partition coefficient (Wildman–Crippen LogP) is 1.47. The van der Waals surface area contributed by atoms with Crippen LogP contribution < -0.4 is 5.32 Å². The lowest BCUT2D eigenvalue weighted by atomic mass is 10.1. The highest BCUT2D eigenvalue weighted by Crippen LogP contribution is 2.18. The number of aliphatic hydroxyl groups is 1. The van der Waals surface area contributed by atoms with Gasteiger partial charge in [0, 0.05) is 12.6 Å². The van der Waals surface area contributed by atoms with E-state index < -0.39 is 5.91 Å². The largest absolute Gasteiger partial charge is 0.504 e. The molecule has 2 rings (SSSR count). The van der Waals surface area contributed by atoms with Gasteiger partial charge >= 0.3 is 0 Å². The van der Waals surface area contributed by atoms with Crippen LogP contribution in [0.25, 0.3) is 5.69 Å². The first-order valence-corrected chi connectivity index (χ1v) is 6.91. The van der Waals surface area contributed by atoms with Gasteiger partial charge in [-0.3, -0.25) is 4.79 Å². The number of hydrogen-bond acceptors (Lipinski definition) is 4. The van der Waals surface area contributed by atoms with Crippen molar-refractivity contribution >= 4 is 5.91 Å². The van der Waals surface area contributed by atoms with Crippen LogP contribution in [0.1, 0.15) is 30.3 Å². The maximum atomic E-state index is 12.1. The molecule has 0 aliphatic heterocycles. The monoisotopic (exact) mass is 289 g/mol. The van der Waals surface area contributed by atoms with Crippen LogP contribution in [0.15, 0.2) is 36.5 Å². The summed E-state index contributed by atoms with van der Waals surface area (Å²) in [7, 11) is 0. The number of nitrogens with zero attached hydrogens (tertiary/aromatic N) is 2. The molecule has 0 aliphatic carbocycles. The van der Waals surface area contributed by atoms with Gasteiger partial charge < -0.3 is 15.5 Å². The van der Waals surface area contributed by atoms with E-state index in [4.69, 9.17) is 5.11 Å². The number of carbonyl (C=O) groups excluding carboxylic acids is 1. The number of benzene rings is 1. The number of nitrogens with one attached hydrogen (secondary N) is 1. The van der Waals surface area contributed by atoms with Gasteiger partial charge in [-0.1, -0.05) is 25.1 Å². The zero-order valence-electron chi connectivity index (χ0n) is 11.9. The number of amides is 1. The van der Waals surface area contributed by atoms with Crippen molar-refractivity contribution in [1.29, 1.82) is 0 Å². The van der Waals surface area contributed by atoms with Crippen molar-refractivity contribution in [3.05, 3.63) is 42.2 Å². The maximum Gasteiger partial charge on any atom is 0.275 e. The third-order valence-electron chi connectivity index (χ3n) is 3.24. The van der Waals surface area contributed by atoms with Crippen LogP contribution in [0.3, 0.4) is 0 Å². The number of carbonyl (C=O) groups is 1. The molecule has 0 radical (unpaired) electrons. The van der Waals surface area contributed by atoms with Gasteiger partial charge in [-0.15, -0.1) is 0 Å². The van der Waals surface area contributed by atoms with E-state index in [0.29, 0.717) is 12.8 Å². The molecular formula is C15H19N3O3. The summed E-state index contributed by atoms with van der Waals surface area (Å²) < 4.78 is 1.46. The van der Waals surface area contributed by atoms with Crippen molar-refractivity contribution in [3.63, 3.8) is 0 Å². The van der Waals surface area contributed by atoms with Crippen molar-refractivity contribution in [2.24, 2.45) is 0 Å². The normalized spacial score (nSPS) is 12.1. The molecule has 0 saturated carbocycles. The van der Waals surface area contributed by atoms with Crippen LogP contribution in [0.4, 0.5) is 0 Å². The maximum absolute atomic E-state index is 12.1. The van der Waals surface area contributed by atoms with Crippen LogP contribution >= 0.6 is 0 Å². The molecule has 6 heteroatoms. The molecule has 1 unspecified atom stereocenters. The Labute approximate surface area is 123 Å². The molecule has 1 heterocycles. The average molecular weight is 289 g/mol. The van der Waals surface area contributed by atoms with Gasteiger partial charge in [0.05, 0.1) is 11.9 Å². The van der Waals surface area contributed by atoms with E-state index in [0.717, 1.165) is 5.69 Å². The molecule has 0 aliphatic rings. The number of aliphatic hydroxyl groups excluding tert-OH is 1. The number of aromatic nitrogens is 2. The highest BCUT2D eigenvalue weighted by atomic mass is 16.3. The standard InChI is InChI=1S/C15H19N3O3/c1-2-11(8-9-19)16-15(21)14-13(20)10-18(17-14)12-6-4-3-5-7-12/h3-7,10-11,19-20H,2,8-9H2,1H3,(H,16,21). The molecule has 112 valence electrons. The number of hydrogen-bond donors (Lipinski definition) is 3. The molecule has 0 fully saturated rings. The van der Waals surface area contributed by atoms with Crippen LogP contribution in [-0.2, 0) is 0 Å². The van der Waals surface area contributed by atoms with Crippen LogP contribution in [0, 0.1) is 0 Å². The zero-order valence-corrected chi connectivity index (χ0v) is 11.9. The second-order valence-corrected chi connectivity index (χ2v) is 4.73.